The molecule has 2 aliphatic carbocycles. The van der Waals surface area contributed by atoms with Crippen molar-refractivity contribution in [2.75, 3.05) is 13.6 Å². The lowest BCUT2D eigenvalue weighted by Crippen LogP contribution is -2.52. The van der Waals surface area contributed by atoms with E-state index in [0.29, 0.717) is 0 Å². The molecule has 0 atom stereocenters. The average molecular weight is 196 g/mol. The lowest BCUT2D eigenvalue weighted by Gasteiger charge is -2.28. The first-order valence-corrected chi connectivity index (χ1v) is 5.66. The van der Waals surface area contributed by atoms with Gasteiger partial charge in [-0.1, -0.05) is 12.8 Å². The minimum absolute atomic E-state index is 0.168. The minimum Gasteiger partial charge on any atom is -0.344 e. The van der Waals surface area contributed by atoms with Crippen LogP contribution in [0.15, 0.2) is 0 Å². The molecule has 80 valence electrons. The molecular weight excluding hydrogens is 176 g/mol. The van der Waals surface area contributed by atoms with E-state index in [1.807, 2.05) is 11.9 Å². The normalized spacial score (nSPS) is 25.0. The van der Waals surface area contributed by atoms with E-state index in [9.17, 15) is 4.79 Å². The Balaban J connectivity index is 1.91. The smallest absolute Gasteiger partial charge is 0.242 e. The largest absolute Gasteiger partial charge is 0.344 e. The first-order valence-electron chi connectivity index (χ1n) is 5.66. The van der Waals surface area contributed by atoms with Crippen LogP contribution in [0.1, 0.15) is 38.5 Å². The Hall–Kier alpha value is -0.570. The fourth-order valence-electron chi connectivity index (χ4n) is 2.37. The molecule has 0 unspecified atom stereocenters. The summed E-state index contributed by atoms with van der Waals surface area (Å²) in [7, 11) is 1.90. The molecule has 3 heteroatoms. The van der Waals surface area contributed by atoms with Crippen LogP contribution in [0.25, 0.3) is 0 Å². The Morgan fingerprint density at radius 1 is 1.43 bits per heavy atom. The van der Waals surface area contributed by atoms with Crippen LogP contribution in [-0.2, 0) is 4.79 Å². The summed E-state index contributed by atoms with van der Waals surface area (Å²) in [6.07, 6.45) is 6.55. The van der Waals surface area contributed by atoms with Gasteiger partial charge in [0.05, 0.1) is 5.54 Å². The summed E-state index contributed by atoms with van der Waals surface area (Å²) in [5, 5.41) is 0. The quantitative estimate of drug-likeness (QED) is 0.735. The van der Waals surface area contributed by atoms with Crippen LogP contribution in [0.3, 0.4) is 0 Å². The topological polar surface area (TPSA) is 46.3 Å². The summed E-state index contributed by atoms with van der Waals surface area (Å²) in [6.45, 7) is 0.914. The zero-order chi connectivity index (χ0) is 10.2. The molecule has 0 radical (unpaired) electrons. The predicted molar refractivity (Wildman–Crippen MR) is 55.7 cm³/mol. The SMILES string of the molecule is CN(CC1CC1)C(=O)C1(N)CCCC1. The fourth-order valence-corrected chi connectivity index (χ4v) is 2.37. The molecular formula is C11H20N2O. The molecule has 14 heavy (non-hydrogen) atoms. The third-order valence-electron chi connectivity index (χ3n) is 3.50. The molecule has 2 rings (SSSR count). The maximum atomic E-state index is 12.0. The highest BCUT2D eigenvalue weighted by Gasteiger charge is 2.39. The second-order valence-electron chi connectivity index (χ2n) is 4.99. The zero-order valence-corrected chi connectivity index (χ0v) is 8.96. The number of hydrogen-bond acceptors (Lipinski definition) is 2. The average Bonchev–Trinajstić information content (AvgIpc) is 2.85. The van der Waals surface area contributed by atoms with Crippen molar-refractivity contribution in [2.45, 2.75) is 44.1 Å². The highest BCUT2D eigenvalue weighted by molar-refractivity contribution is 5.86. The van der Waals surface area contributed by atoms with E-state index >= 15 is 0 Å². The summed E-state index contributed by atoms with van der Waals surface area (Å²) in [5.74, 6) is 0.927. The van der Waals surface area contributed by atoms with Gasteiger partial charge in [-0.25, -0.2) is 0 Å². The third-order valence-corrected chi connectivity index (χ3v) is 3.50. The monoisotopic (exact) mass is 196 g/mol. The van der Waals surface area contributed by atoms with Gasteiger partial charge >= 0.3 is 0 Å². The molecule has 2 fully saturated rings. The highest BCUT2D eigenvalue weighted by atomic mass is 16.2. The van der Waals surface area contributed by atoms with Crippen molar-refractivity contribution in [2.24, 2.45) is 11.7 Å². The standard InChI is InChI=1S/C11H20N2O/c1-13(8-9-4-5-9)10(14)11(12)6-2-3-7-11/h9H,2-8,12H2,1H3. The molecule has 1 amide bonds. The van der Waals surface area contributed by atoms with Gasteiger partial charge in [-0.15, -0.1) is 0 Å². The van der Waals surface area contributed by atoms with E-state index < -0.39 is 5.54 Å². The van der Waals surface area contributed by atoms with E-state index in [1.54, 1.807) is 0 Å². The van der Waals surface area contributed by atoms with Gasteiger partial charge in [0.1, 0.15) is 0 Å². The summed E-state index contributed by atoms with van der Waals surface area (Å²) in [5.41, 5.74) is 5.58. The molecule has 0 bridgehead atoms. The first-order chi connectivity index (χ1) is 6.62. The van der Waals surface area contributed by atoms with Gasteiger partial charge in [0.15, 0.2) is 0 Å². The lowest BCUT2D eigenvalue weighted by atomic mass is 9.97. The number of amides is 1. The number of hydrogen-bond donors (Lipinski definition) is 1. The first kappa shape index (κ1) is 9.97. The number of carbonyl (C=O) groups excluding carboxylic acids is 1. The second kappa shape index (κ2) is 3.54. The van der Waals surface area contributed by atoms with Crippen LogP contribution >= 0.6 is 0 Å². The van der Waals surface area contributed by atoms with Crippen molar-refractivity contribution in [1.29, 1.82) is 0 Å². The molecule has 0 saturated heterocycles. The molecule has 2 saturated carbocycles. The third kappa shape index (κ3) is 1.92. The maximum Gasteiger partial charge on any atom is 0.242 e. The van der Waals surface area contributed by atoms with E-state index in [0.717, 1.165) is 38.1 Å². The second-order valence-corrected chi connectivity index (χ2v) is 4.99. The Kier molecular flexibility index (Phi) is 2.52. The molecule has 0 heterocycles. The van der Waals surface area contributed by atoms with Crippen LogP contribution in [0.5, 0.6) is 0 Å². The molecule has 0 spiro atoms. The van der Waals surface area contributed by atoms with Crippen molar-refractivity contribution >= 4 is 5.91 Å². The summed E-state index contributed by atoms with van der Waals surface area (Å²) >= 11 is 0. The molecule has 0 aliphatic heterocycles. The molecule has 0 aromatic carbocycles. The molecule has 2 N–H and O–H groups in total. The molecule has 2 aliphatic rings. The Bertz CT molecular complexity index is 229. The Morgan fingerprint density at radius 2 is 2.00 bits per heavy atom. The van der Waals surface area contributed by atoms with Gasteiger partial charge in [-0.2, -0.15) is 0 Å². The van der Waals surface area contributed by atoms with E-state index in [2.05, 4.69) is 0 Å². The van der Waals surface area contributed by atoms with Crippen molar-refractivity contribution in [1.82, 2.24) is 4.90 Å². The zero-order valence-electron chi connectivity index (χ0n) is 8.96. The number of carbonyl (C=O) groups is 1. The Morgan fingerprint density at radius 3 is 2.50 bits per heavy atom. The minimum atomic E-state index is -0.524. The van der Waals surface area contributed by atoms with Crippen LogP contribution in [-0.4, -0.2) is 29.9 Å². The number of nitrogens with two attached hydrogens (primary N) is 1. The van der Waals surface area contributed by atoms with Crippen molar-refractivity contribution < 1.29 is 4.79 Å². The van der Waals surface area contributed by atoms with Gasteiger partial charge in [0.25, 0.3) is 0 Å². The van der Waals surface area contributed by atoms with Crippen LogP contribution in [0, 0.1) is 5.92 Å². The Labute approximate surface area is 85.6 Å². The van der Waals surface area contributed by atoms with Gasteiger partial charge < -0.3 is 10.6 Å². The number of nitrogens with zero attached hydrogens (tertiary/aromatic N) is 1. The van der Waals surface area contributed by atoms with E-state index in [4.69, 9.17) is 5.73 Å². The molecule has 0 aromatic rings. The van der Waals surface area contributed by atoms with Crippen LogP contribution in [0.2, 0.25) is 0 Å². The lowest BCUT2D eigenvalue weighted by molar-refractivity contribution is -0.135. The van der Waals surface area contributed by atoms with E-state index in [-0.39, 0.29) is 5.91 Å². The van der Waals surface area contributed by atoms with E-state index in [1.165, 1.54) is 12.8 Å². The van der Waals surface area contributed by atoms with Crippen LogP contribution in [0.4, 0.5) is 0 Å². The summed E-state index contributed by atoms with van der Waals surface area (Å²) in [4.78, 5) is 13.9. The summed E-state index contributed by atoms with van der Waals surface area (Å²) < 4.78 is 0. The molecule has 0 aromatic heterocycles. The van der Waals surface area contributed by atoms with Crippen LogP contribution < -0.4 is 5.73 Å². The highest BCUT2D eigenvalue weighted by Crippen LogP contribution is 2.32. The van der Waals surface area contributed by atoms with Crippen molar-refractivity contribution in [3.05, 3.63) is 0 Å². The number of likely N-dealkylation sites (N-methyl/N-ethyl adjacent to an activating group) is 1. The van der Waals surface area contributed by atoms with Gasteiger partial charge in [0, 0.05) is 13.6 Å². The maximum absolute atomic E-state index is 12.0. The molecule has 3 nitrogen and oxygen atoms in total. The van der Waals surface area contributed by atoms with Gasteiger partial charge in [-0.05, 0) is 31.6 Å². The summed E-state index contributed by atoms with van der Waals surface area (Å²) in [6, 6.07) is 0. The van der Waals surface area contributed by atoms with Crippen molar-refractivity contribution in [3.63, 3.8) is 0 Å². The van der Waals surface area contributed by atoms with Gasteiger partial charge in [-0.3, -0.25) is 4.79 Å². The van der Waals surface area contributed by atoms with Gasteiger partial charge in [0.2, 0.25) is 5.91 Å². The number of rotatable bonds is 3. The predicted octanol–water partition coefficient (Wildman–Crippen LogP) is 1.13. The fraction of sp³-hybridized carbons (Fsp3) is 0.909. The van der Waals surface area contributed by atoms with Crippen molar-refractivity contribution in [3.8, 4) is 0 Å².